The predicted molar refractivity (Wildman–Crippen MR) is 131 cm³/mol. The molecular weight excluding hydrogens is 466 g/mol. The van der Waals surface area contributed by atoms with Crippen LogP contribution in [0.15, 0.2) is 70.2 Å². The number of carbonyl (C=O) groups excluding carboxylic acids is 1. The molecule has 1 aromatic heterocycles. The smallest absolute Gasteiger partial charge is 0.266 e. The number of amides is 1. The Bertz CT molecular complexity index is 1160. The molecule has 2 aromatic carbocycles. The van der Waals surface area contributed by atoms with Crippen LogP contribution in [-0.4, -0.2) is 28.3 Å². The van der Waals surface area contributed by atoms with Crippen molar-refractivity contribution in [3.63, 3.8) is 0 Å². The largest absolute Gasteiger partial charge is 0.490 e. The van der Waals surface area contributed by atoms with Crippen LogP contribution in [0, 0.1) is 6.92 Å². The zero-order valence-electron chi connectivity index (χ0n) is 17.2. The molecule has 32 heavy (non-hydrogen) atoms. The molecule has 0 bridgehead atoms. The monoisotopic (exact) mass is 485 g/mol. The Morgan fingerprint density at radius 3 is 2.75 bits per heavy atom. The molecule has 5 nitrogen and oxygen atoms in total. The van der Waals surface area contributed by atoms with Gasteiger partial charge in [0.15, 0.2) is 0 Å². The van der Waals surface area contributed by atoms with Gasteiger partial charge in [0, 0.05) is 10.6 Å². The second-order valence-electron chi connectivity index (χ2n) is 7.04. The van der Waals surface area contributed by atoms with Gasteiger partial charge in [-0.25, -0.2) is 0 Å². The number of rotatable bonds is 8. The molecule has 164 valence electrons. The SMILES string of the molecule is Cc1cccc(OCCOc2ccc(Cl)cc2/C=C2\SC(=S)N(Cc3ccco3)C2=O)c1. The topological polar surface area (TPSA) is 51.9 Å². The van der Waals surface area contributed by atoms with E-state index < -0.39 is 0 Å². The molecule has 1 aliphatic heterocycles. The first kappa shape index (κ1) is 22.5. The van der Waals surface area contributed by atoms with Gasteiger partial charge in [-0.05, 0) is 61.0 Å². The molecule has 3 aromatic rings. The summed E-state index contributed by atoms with van der Waals surface area (Å²) < 4.78 is 17.5. The fraction of sp³-hybridized carbons (Fsp3) is 0.167. The van der Waals surface area contributed by atoms with Crippen molar-refractivity contribution >= 4 is 51.9 Å². The lowest BCUT2D eigenvalue weighted by molar-refractivity contribution is -0.122. The maximum Gasteiger partial charge on any atom is 0.266 e. The van der Waals surface area contributed by atoms with Gasteiger partial charge >= 0.3 is 0 Å². The van der Waals surface area contributed by atoms with Crippen LogP contribution >= 0.6 is 35.6 Å². The number of aryl methyl sites for hydroxylation is 1. The average Bonchev–Trinajstić information content (AvgIpc) is 3.37. The van der Waals surface area contributed by atoms with E-state index in [1.807, 2.05) is 37.3 Å². The van der Waals surface area contributed by atoms with Crippen molar-refractivity contribution < 1.29 is 18.7 Å². The van der Waals surface area contributed by atoms with Crippen LogP contribution in [0.2, 0.25) is 5.02 Å². The van der Waals surface area contributed by atoms with Gasteiger partial charge in [0.1, 0.15) is 34.8 Å². The Labute approximate surface area is 200 Å². The van der Waals surface area contributed by atoms with E-state index in [0.29, 0.717) is 51.1 Å². The number of hydrogen-bond acceptors (Lipinski definition) is 6. The van der Waals surface area contributed by atoms with Crippen LogP contribution in [0.5, 0.6) is 11.5 Å². The summed E-state index contributed by atoms with van der Waals surface area (Å²) >= 11 is 12.8. The number of carbonyl (C=O) groups is 1. The molecule has 1 aliphatic rings. The van der Waals surface area contributed by atoms with Gasteiger partial charge in [-0.15, -0.1) is 0 Å². The minimum atomic E-state index is -0.176. The fourth-order valence-corrected chi connectivity index (χ4v) is 4.54. The molecule has 0 radical (unpaired) electrons. The number of halogens is 1. The lowest BCUT2D eigenvalue weighted by Gasteiger charge is -2.12. The van der Waals surface area contributed by atoms with Crippen molar-refractivity contribution in [2.75, 3.05) is 13.2 Å². The normalized spacial score (nSPS) is 14.9. The van der Waals surface area contributed by atoms with Crippen LogP contribution in [0.3, 0.4) is 0 Å². The van der Waals surface area contributed by atoms with E-state index in [0.717, 1.165) is 11.3 Å². The molecule has 0 spiro atoms. The van der Waals surface area contributed by atoms with E-state index in [1.165, 1.54) is 16.7 Å². The Hall–Kier alpha value is -2.74. The first-order valence-corrected chi connectivity index (χ1v) is 11.5. The summed E-state index contributed by atoms with van der Waals surface area (Å²) in [6, 6.07) is 16.7. The first-order chi connectivity index (χ1) is 15.5. The number of thioether (sulfide) groups is 1. The molecule has 4 rings (SSSR count). The molecule has 1 amide bonds. The lowest BCUT2D eigenvalue weighted by Crippen LogP contribution is -2.27. The summed E-state index contributed by atoms with van der Waals surface area (Å²) in [7, 11) is 0. The van der Waals surface area contributed by atoms with Crippen LogP contribution in [-0.2, 0) is 11.3 Å². The third-order valence-corrected chi connectivity index (χ3v) is 6.24. The third kappa shape index (κ3) is 5.54. The zero-order chi connectivity index (χ0) is 22.5. The van der Waals surface area contributed by atoms with Crippen LogP contribution < -0.4 is 9.47 Å². The van der Waals surface area contributed by atoms with Crippen LogP contribution in [0.4, 0.5) is 0 Å². The number of thiocarbonyl (C=S) groups is 1. The average molecular weight is 486 g/mol. The van der Waals surface area contributed by atoms with Crippen molar-refractivity contribution in [3.8, 4) is 11.5 Å². The zero-order valence-corrected chi connectivity index (χ0v) is 19.6. The van der Waals surface area contributed by atoms with Crippen molar-refractivity contribution in [3.05, 3.63) is 87.7 Å². The van der Waals surface area contributed by atoms with Gasteiger partial charge in [-0.1, -0.05) is 47.7 Å². The first-order valence-electron chi connectivity index (χ1n) is 9.89. The maximum absolute atomic E-state index is 12.9. The number of nitrogens with zero attached hydrogens (tertiary/aromatic N) is 1. The molecule has 8 heteroatoms. The molecule has 0 atom stereocenters. The van der Waals surface area contributed by atoms with E-state index in [-0.39, 0.29) is 5.91 Å². The lowest BCUT2D eigenvalue weighted by atomic mass is 10.2. The van der Waals surface area contributed by atoms with E-state index in [9.17, 15) is 4.79 Å². The molecule has 0 saturated carbocycles. The van der Waals surface area contributed by atoms with Gasteiger partial charge in [0.05, 0.1) is 17.7 Å². The Morgan fingerprint density at radius 2 is 1.97 bits per heavy atom. The molecule has 1 fully saturated rings. The number of benzene rings is 2. The molecule has 2 heterocycles. The second-order valence-corrected chi connectivity index (χ2v) is 9.15. The summed E-state index contributed by atoms with van der Waals surface area (Å²) in [5.41, 5.74) is 1.83. The van der Waals surface area contributed by atoms with Crippen molar-refractivity contribution in [2.24, 2.45) is 0 Å². The van der Waals surface area contributed by atoms with E-state index in [4.69, 9.17) is 37.7 Å². The van der Waals surface area contributed by atoms with Crippen molar-refractivity contribution in [2.45, 2.75) is 13.5 Å². The van der Waals surface area contributed by atoms with Crippen LogP contribution in [0.1, 0.15) is 16.9 Å². The highest BCUT2D eigenvalue weighted by Gasteiger charge is 2.32. The highest BCUT2D eigenvalue weighted by molar-refractivity contribution is 8.26. The Balaban J connectivity index is 1.44. The van der Waals surface area contributed by atoms with Crippen molar-refractivity contribution in [1.82, 2.24) is 4.90 Å². The number of furan rings is 1. The summed E-state index contributed by atoms with van der Waals surface area (Å²) in [5.74, 6) is 1.90. The van der Waals surface area contributed by atoms with E-state index in [1.54, 1.807) is 36.6 Å². The van der Waals surface area contributed by atoms with Gasteiger partial charge in [0.2, 0.25) is 0 Å². The second kappa shape index (κ2) is 10.3. The maximum atomic E-state index is 12.9. The highest BCUT2D eigenvalue weighted by Crippen LogP contribution is 2.36. The highest BCUT2D eigenvalue weighted by atomic mass is 35.5. The molecule has 0 N–H and O–H groups in total. The number of ether oxygens (including phenoxy) is 2. The molecule has 0 unspecified atom stereocenters. The predicted octanol–water partition coefficient (Wildman–Crippen LogP) is 6.10. The third-order valence-electron chi connectivity index (χ3n) is 4.63. The van der Waals surface area contributed by atoms with Gasteiger partial charge in [-0.2, -0.15) is 0 Å². The molecule has 1 saturated heterocycles. The minimum Gasteiger partial charge on any atom is -0.490 e. The van der Waals surface area contributed by atoms with Gasteiger partial charge < -0.3 is 13.9 Å². The van der Waals surface area contributed by atoms with Crippen LogP contribution in [0.25, 0.3) is 6.08 Å². The number of hydrogen-bond donors (Lipinski definition) is 0. The van der Waals surface area contributed by atoms with Gasteiger partial charge in [-0.3, -0.25) is 9.69 Å². The Kier molecular flexibility index (Phi) is 7.19. The Morgan fingerprint density at radius 1 is 1.12 bits per heavy atom. The fourth-order valence-electron chi connectivity index (χ4n) is 3.12. The minimum absolute atomic E-state index is 0.176. The summed E-state index contributed by atoms with van der Waals surface area (Å²) in [5, 5.41) is 0.547. The standard InChI is InChI=1S/C24H20ClNO4S2/c1-16-4-2-5-19(12-16)29-10-11-30-21-8-7-18(25)13-17(21)14-22-23(27)26(24(31)32-22)15-20-6-3-9-28-20/h2-9,12-14H,10-11,15H2,1H3/b22-14-. The van der Waals surface area contributed by atoms with E-state index >= 15 is 0 Å². The molecular formula is C24H20ClNO4S2. The summed E-state index contributed by atoms with van der Waals surface area (Å²) in [4.78, 5) is 14.9. The van der Waals surface area contributed by atoms with Crippen molar-refractivity contribution in [1.29, 1.82) is 0 Å². The quantitative estimate of drug-likeness (QED) is 0.218. The summed E-state index contributed by atoms with van der Waals surface area (Å²) in [6.07, 6.45) is 3.32. The van der Waals surface area contributed by atoms with E-state index in [2.05, 4.69) is 0 Å². The summed E-state index contributed by atoms with van der Waals surface area (Å²) in [6.45, 7) is 3.04. The van der Waals surface area contributed by atoms with Gasteiger partial charge in [0.25, 0.3) is 5.91 Å². The molecule has 0 aliphatic carbocycles.